The molecule has 0 bridgehead atoms. The van der Waals surface area contributed by atoms with Crippen molar-refractivity contribution in [3.05, 3.63) is 29.9 Å². The van der Waals surface area contributed by atoms with Gasteiger partial charge in [0.1, 0.15) is 0 Å². The van der Waals surface area contributed by atoms with Crippen LogP contribution >= 0.6 is 11.3 Å². The molecule has 21 heavy (non-hydrogen) atoms. The van der Waals surface area contributed by atoms with Gasteiger partial charge in [0.25, 0.3) is 0 Å². The summed E-state index contributed by atoms with van der Waals surface area (Å²) >= 11 is 1.30. The third kappa shape index (κ3) is 3.49. The first-order chi connectivity index (χ1) is 9.72. The minimum Gasteiger partial charge on any atom is -0.422 e. The third-order valence-corrected chi connectivity index (χ3v) is 4.47. The molecule has 0 saturated carbocycles. The zero-order valence-corrected chi connectivity index (χ0v) is 13.4. The number of hydrogen-bond acceptors (Lipinski definition) is 6. The van der Waals surface area contributed by atoms with Gasteiger partial charge in [0.15, 0.2) is 0 Å². The number of aliphatic hydroxyl groups is 1. The van der Waals surface area contributed by atoms with E-state index in [-0.39, 0.29) is 0 Å². The molecule has 0 aliphatic heterocycles. The van der Waals surface area contributed by atoms with Gasteiger partial charge in [-0.2, -0.15) is 0 Å². The lowest BCUT2D eigenvalue weighted by Gasteiger charge is -2.38. The second kappa shape index (κ2) is 5.85. The van der Waals surface area contributed by atoms with Crippen molar-refractivity contribution in [2.24, 2.45) is 0 Å². The smallest absolute Gasteiger partial charge is 0.422 e. The topological polar surface area (TPSA) is 75.5 Å². The molecule has 2 aromatic rings. The van der Waals surface area contributed by atoms with Crippen molar-refractivity contribution in [3.63, 3.8) is 0 Å². The van der Waals surface area contributed by atoms with E-state index in [9.17, 15) is 10.1 Å². The van der Waals surface area contributed by atoms with E-state index in [1.54, 1.807) is 39.4 Å². The van der Waals surface area contributed by atoms with Crippen LogP contribution in [0.1, 0.15) is 27.7 Å². The van der Waals surface area contributed by atoms with E-state index < -0.39 is 18.3 Å². The lowest BCUT2D eigenvalue weighted by molar-refractivity contribution is -0.0981. The molecule has 0 aliphatic rings. The lowest BCUT2D eigenvalue weighted by Crippen LogP contribution is -2.53. The molecule has 2 N–H and O–H groups in total. The molecular weight excluding hydrogens is 287 g/mol. The van der Waals surface area contributed by atoms with E-state index in [0.717, 1.165) is 0 Å². The summed E-state index contributed by atoms with van der Waals surface area (Å²) in [4.78, 5) is 8.49. The lowest BCUT2D eigenvalue weighted by atomic mass is 9.81. The molecule has 0 aromatic carbocycles. The van der Waals surface area contributed by atoms with E-state index in [0.29, 0.717) is 16.2 Å². The number of aromatic nitrogens is 2. The molecule has 5 nitrogen and oxygen atoms in total. The Morgan fingerprint density at radius 1 is 1.19 bits per heavy atom. The van der Waals surface area contributed by atoms with Gasteiger partial charge in [-0.1, -0.05) is 6.07 Å². The molecule has 0 fully saturated rings. The molecule has 0 radical (unpaired) electrons. The first-order valence-electron chi connectivity index (χ1n) is 6.65. The van der Waals surface area contributed by atoms with Gasteiger partial charge in [-0.05, 0) is 39.8 Å². The Kier molecular flexibility index (Phi) is 4.48. The van der Waals surface area contributed by atoms with Gasteiger partial charge in [-0.3, -0.25) is 4.98 Å². The van der Waals surface area contributed by atoms with E-state index >= 15 is 0 Å². The molecule has 112 valence electrons. The van der Waals surface area contributed by atoms with Crippen LogP contribution in [0.2, 0.25) is 0 Å². The molecule has 2 aromatic heterocycles. The molecule has 0 atom stereocenters. The van der Waals surface area contributed by atoms with Crippen LogP contribution in [0, 0.1) is 0 Å². The summed E-state index contributed by atoms with van der Waals surface area (Å²) in [6.45, 7) is 6.76. The van der Waals surface area contributed by atoms with Crippen molar-refractivity contribution < 1.29 is 14.8 Å². The maximum absolute atomic E-state index is 10.4. The molecule has 7 heteroatoms. The Morgan fingerprint density at radius 3 is 2.48 bits per heavy atom. The van der Waals surface area contributed by atoms with Crippen LogP contribution in [0.25, 0.3) is 11.4 Å². The van der Waals surface area contributed by atoms with Crippen molar-refractivity contribution >= 4 is 23.2 Å². The predicted octanol–water partition coefficient (Wildman–Crippen LogP) is 1.46. The highest BCUT2D eigenvalue weighted by Gasteiger charge is 2.40. The fourth-order valence-corrected chi connectivity index (χ4v) is 2.31. The van der Waals surface area contributed by atoms with Gasteiger partial charge < -0.3 is 14.8 Å². The molecule has 2 rings (SSSR count). The fourth-order valence-electron chi connectivity index (χ4n) is 1.60. The highest BCUT2D eigenvalue weighted by atomic mass is 32.1. The highest BCUT2D eigenvalue weighted by molar-refractivity contribution is 7.21. The van der Waals surface area contributed by atoms with Gasteiger partial charge in [-0.15, -0.1) is 11.3 Å². The Balaban J connectivity index is 2.26. The van der Waals surface area contributed by atoms with Gasteiger partial charge in [0.05, 0.1) is 32.9 Å². The summed E-state index contributed by atoms with van der Waals surface area (Å²) in [6, 6.07) is 5.51. The number of nitrogens with zero attached hydrogens (tertiary/aromatic N) is 2. The van der Waals surface area contributed by atoms with Crippen LogP contribution < -0.4 is 4.78 Å². The first-order valence-corrected chi connectivity index (χ1v) is 7.53. The Hall–Kier alpha value is -1.28. The summed E-state index contributed by atoms with van der Waals surface area (Å²) in [5.74, 6) is 0. The van der Waals surface area contributed by atoms with Crippen molar-refractivity contribution in [2.75, 3.05) is 0 Å². The van der Waals surface area contributed by atoms with Crippen LogP contribution in [0.15, 0.2) is 29.9 Å². The Labute approximate surface area is 128 Å². The van der Waals surface area contributed by atoms with Gasteiger partial charge in [0, 0.05) is 6.20 Å². The monoisotopic (exact) mass is 306 g/mol. The molecule has 0 aliphatic carbocycles. The molecular formula is C14H19BN2O3S. The van der Waals surface area contributed by atoms with Gasteiger partial charge >= 0.3 is 7.12 Å². The summed E-state index contributed by atoms with van der Waals surface area (Å²) in [5.41, 5.74) is 0.905. The second-order valence-corrected chi connectivity index (χ2v) is 6.71. The van der Waals surface area contributed by atoms with Crippen LogP contribution in [0.4, 0.5) is 0 Å². The van der Waals surface area contributed by atoms with E-state index in [2.05, 4.69) is 9.97 Å². The summed E-state index contributed by atoms with van der Waals surface area (Å²) in [6.07, 6.45) is 1.67. The standard InChI is InChI=1S/C14H19BN2O3S/c1-13(2,18)14(3,4)20-15(19)12-11(17-9-21-12)10-7-5-6-8-16-10/h5-9,18-19H,1-4H3. The van der Waals surface area contributed by atoms with Crippen molar-refractivity contribution in [3.8, 4) is 11.4 Å². The summed E-state index contributed by atoms with van der Waals surface area (Å²) in [7, 11) is -1.17. The minimum absolute atomic E-state index is 0.575. The minimum atomic E-state index is -1.17. The second-order valence-electron chi connectivity index (χ2n) is 5.82. The van der Waals surface area contributed by atoms with Crippen LogP contribution in [0.5, 0.6) is 0 Å². The Morgan fingerprint density at radius 2 is 1.90 bits per heavy atom. The van der Waals surface area contributed by atoms with E-state index in [4.69, 9.17) is 4.65 Å². The maximum atomic E-state index is 10.4. The SMILES string of the molecule is CC(C)(O)C(C)(C)OB(O)c1scnc1-c1ccccn1. The van der Waals surface area contributed by atoms with Crippen molar-refractivity contribution in [1.82, 2.24) is 9.97 Å². The average Bonchev–Trinajstić information content (AvgIpc) is 2.87. The molecule has 2 heterocycles. The number of rotatable bonds is 5. The summed E-state index contributed by atoms with van der Waals surface area (Å²) < 4.78 is 6.23. The fraction of sp³-hybridized carbons (Fsp3) is 0.429. The van der Waals surface area contributed by atoms with Gasteiger partial charge in [0.2, 0.25) is 0 Å². The molecule has 0 unspecified atom stereocenters. The molecule has 0 amide bonds. The maximum Gasteiger partial charge on any atom is 0.504 e. The Bertz CT molecular complexity index is 596. The zero-order valence-electron chi connectivity index (χ0n) is 12.6. The number of thiazole rings is 1. The van der Waals surface area contributed by atoms with Crippen molar-refractivity contribution in [2.45, 2.75) is 38.9 Å². The van der Waals surface area contributed by atoms with Gasteiger partial charge in [-0.25, -0.2) is 4.98 Å². The average molecular weight is 306 g/mol. The summed E-state index contributed by atoms with van der Waals surface area (Å²) in [5, 5.41) is 20.5. The van der Waals surface area contributed by atoms with Crippen LogP contribution in [-0.2, 0) is 4.65 Å². The third-order valence-electron chi connectivity index (χ3n) is 3.61. The largest absolute Gasteiger partial charge is 0.504 e. The quantitative estimate of drug-likeness (QED) is 0.818. The number of pyridine rings is 1. The molecule has 0 saturated heterocycles. The predicted molar refractivity (Wildman–Crippen MR) is 84.4 cm³/mol. The van der Waals surface area contributed by atoms with Crippen LogP contribution in [0.3, 0.4) is 0 Å². The van der Waals surface area contributed by atoms with E-state index in [1.165, 1.54) is 11.3 Å². The normalized spacial score (nSPS) is 12.5. The van der Waals surface area contributed by atoms with E-state index in [1.807, 2.05) is 18.2 Å². The molecule has 0 spiro atoms. The first kappa shape index (κ1) is 16.1. The van der Waals surface area contributed by atoms with Crippen LogP contribution in [-0.4, -0.2) is 38.4 Å². The number of hydrogen-bond donors (Lipinski definition) is 2. The van der Waals surface area contributed by atoms with Crippen molar-refractivity contribution in [1.29, 1.82) is 0 Å². The zero-order chi connectivity index (χ0) is 15.7. The highest BCUT2D eigenvalue weighted by Crippen LogP contribution is 2.26.